The van der Waals surface area contributed by atoms with Crippen LogP contribution in [0.5, 0.6) is 0 Å². The third kappa shape index (κ3) is 4.78. The van der Waals surface area contributed by atoms with Crippen LogP contribution in [0.25, 0.3) is 0 Å². The number of hydrogen-bond acceptors (Lipinski definition) is 4. The molecular formula is C18H18F4N2O4S. The Morgan fingerprint density at radius 2 is 1.79 bits per heavy atom. The smallest absolute Gasteiger partial charge is 0.416 e. The first-order valence-corrected chi connectivity index (χ1v) is 10.3. The minimum Gasteiger partial charge on any atom is -0.438 e. The van der Waals surface area contributed by atoms with E-state index in [-0.39, 0.29) is 11.3 Å². The molecule has 1 N–H and O–H groups in total. The lowest BCUT2D eigenvalue weighted by Crippen LogP contribution is -2.35. The molecular weight excluding hydrogens is 416 g/mol. The highest BCUT2D eigenvalue weighted by Crippen LogP contribution is 2.32. The Morgan fingerprint density at radius 1 is 1.10 bits per heavy atom. The van der Waals surface area contributed by atoms with Crippen LogP contribution < -0.4 is 5.32 Å². The van der Waals surface area contributed by atoms with E-state index in [0.717, 1.165) is 43.5 Å². The highest BCUT2D eigenvalue weighted by Gasteiger charge is 2.34. The number of nitrogens with one attached hydrogen (secondary N) is 1. The van der Waals surface area contributed by atoms with Crippen LogP contribution in [0.3, 0.4) is 0 Å². The minimum absolute atomic E-state index is 0.333. The number of alkyl halides is 3. The average Bonchev–Trinajstić information content (AvgIpc) is 3.18. The van der Waals surface area contributed by atoms with E-state index in [0.29, 0.717) is 19.2 Å². The molecule has 29 heavy (non-hydrogen) atoms. The van der Waals surface area contributed by atoms with E-state index >= 15 is 0 Å². The van der Waals surface area contributed by atoms with Crippen molar-refractivity contribution in [3.8, 4) is 0 Å². The van der Waals surface area contributed by atoms with Crippen LogP contribution in [0.4, 0.5) is 17.6 Å². The first kappa shape index (κ1) is 21.3. The lowest BCUT2D eigenvalue weighted by Gasteiger charge is -2.24. The second kappa shape index (κ2) is 8.15. The maximum absolute atomic E-state index is 13.1. The molecule has 1 aliphatic rings. The molecule has 1 amide bonds. The van der Waals surface area contributed by atoms with Crippen molar-refractivity contribution in [2.75, 3.05) is 13.1 Å². The highest BCUT2D eigenvalue weighted by atomic mass is 32.2. The number of rotatable bonds is 5. The largest absolute Gasteiger partial charge is 0.438 e. The molecule has 0 radical (unpaired) electrons. The Bertz CT molecular complexity index is 996. The van der Waals surface area contributed by atoms with Gasteiger partial charge in [-0.3, -0.25) is 4.79 Å². The van der Waals surface area contributed by atoms with E-state index < -0.39 is 45.1 Å². The van der Waals surface area contributed by atoms with Gasteiger partial charge in [0.05, 0.1) is 5.56 Å². The number of sulfonamides is 1. The molecule has 3 rings (SSSR count). The molecule has 0 aliphatic carbocycles. The normalized spacial score (nSPS) is 16.0. The molecule has 0 bridgehead atoms. The maximum Gasteiger partial charge on any atom is 0.416 e. The molecule has 2 aromatic rings. The summed E-state index contributed by atoms with van der Waals surface area (Å²) in [6, 6.07) is 4.40. The van der Waals surface area contributed by atoms with Gasteiger partial charge in [-0.05, 0) is 42.7 Å². The van der Waals surface area contributed by atoms with E-state index in [2.05, 4.69) is 5.32 Å². The van der Waals surface area contributed by atoms with Crippen LogP contribution in [0.1, 0.15) is 40.9 Å². The van der Waals surface area contributed by atoms with Crippen molar-refractivity contribution in [3.63, 3.8) is 0 Å². The number of furan rings is 1. The van der Waals surface area contributed by atoms with E-state index in [9.17, 15) is 30.8 Å². The number of amides is 1. The molecule has 1 aromatic carbocycles. The number of benzene rings is 1. The van der Waals surface area contributed by atoms with Crippen molar-refractivity contribution in [1.82, 2.24) is 9.62 Å². The fourth-order valence-electron chi connectivity index (χ4n) is 3.04. The van der Waals surface area contributed by atoms with Gasteiger partial charge in [0.2, 0.25) is 5.09 Å². The topological polar surface area (TPSA) is 79.6 Å². The summed E-state index contributed by atoms with van der Waals surface area (Å²) in [7, 11) is -3.88. The van der Waals surface area contributed by atoms with Crippen molar-refractivity contribution in [1.29, 1.82) is 0 Å². The van der Waals surface area contributed by atoms with Gasteiger partial charge in [0.15, 0.2) is 5.76 Å². The Kier molecular flexibility index (Phi) is 5.99. The van der Waals surface area contributed by atoms with E-state index in [1.54, 1.807) is 0 Å². The molecule has 0 spiro atoms. The van der Waals surface area contributed by atoms with Crippen molar-refractivity contribution in [2.24, 2.45) is 0 Å². The summed E-state index contributed by atoms with van der Waals surface area (Å²) in [6.45, 7) is 0.174. The Hall–Kier alpha value is -2.40. The summed E-state index contributed by atoms with van der Waals surface area (Å²) in [5, 5.41) is 1.83. The number of halogens is 4. The van der Waals surface area contributed by atoms with Gasteiger partial charge in [-0.25, -0.2) is 12.8 Å². The summed E-state index contributed by atoms with van der Waals surface area (Å²) in [4.78, 5) is 12.2. The van der Waals surface area contributed by atoms with Crippen LogP contribution in [0.15, 0.2) is 39.8 Å². The van der Waals surface area contributed by atoms with E-state index in [1.165, 1.54) is 4.31 Å². The number of hydrogen-bond donors (Lipinski definition) is 1. The summed E-state index contributed by atoms with van der Waals surface area (Å²) < 4.78 is 83.7. The van der Waals surface area contributed by atoms with Crippen LogP contribution in [-0.2, 0) is 22.7 Å². The molecule has 1 aromatic heterocycles. The zero-order valence-corrected chi connectivity index (χ0v) is 15.9. The highest BCUT2D eigenvalue weighted by molar-refractivity contribution is 7.89. The summed E-state index contributed by atoms with van der Waals surface area (Å²) >= 11 is 0. The molecule has 0 atom stereocenters. The fourth-order valence-corrected chi connectivity index (χ4v) is 4.47. The van der Waals surface area contributed by atoms with Gasteiger partial charge < -0.3 is 9.73 Å². The molecule has 1 aliphatic heterocycles. The SMILES string of the molecule is O=C(NCc1ccc(F)cc1C(F)(F)F)c1ccc(S(=O)(=O)N2CCCCC2)o1. The molecule has 6 nitrogen and oxygen atoms in total. The first-order chi connectivity index (χ1) is 13.6. The fraction of sp³-hybridized carbons (Fsp3) is 0.389. The number of nitrogens with zero attached hydrogens (tertiary/aromatic N) is 1. The van der Waals surface area contributed by atoms with Crippen LogP contribution in [0.2, 0.25) is 0 Å². The Morgan fingerprint density at radius 3 is 2.45 bits per heavy atom. The maximum atomic E-state index is 13.1. The summed E-state index contributed by atoms with van der Waals surface area (Å²) in [6.07, 6.45) is -2.40. The predicted molar refractivity (Wildman–Crippen MR) is 93.9 cm³/mol. The molecule has 2 heterocycles. The second-order valence-corrected chi connectivity index (χ2v) is 8.43. The molecule has 11 heteroatoms. The van der Waals surface area contributed by atoms with Gasteiger partial charge in [0, 0.05) is 19.6 Å². The van der Waals surface area contributed by atoms with Crippen LogP contribution in [0, 0.1) is 5.82 Å². The lowest BCUT2D eigenvalue weighted by atomic mass is 10.1. The lowest BCUT2D eigenvalue weighted by molar-refractivity contribution is -0.138. The predicted octanol–water partition coefficient (Wildman–Crippen LogP) is 3.54. The van der Waals surface area contributed by atoms with Gasteiger partial charge in [0.1, 0.15) is 5.82 Å². The van der Waals surface area contributed by atoms with E-state index in [4.69, 9.17) is 4.42 Å². The van der Waals surface area contributed by atoms with Crippen LogP contribution >= 0.6 is 0 Å². The summed E-state index contributed by atoms with van der Waals surface area (Å²) in [5.41, 5.74) is -1.54. The minimum atomic E-state index is -4.79. The van der Waals surface area contributed by atoms with Crippen molar-refractivity contribution < 1.29 is 35.2 Å². The van der Waals surface area contributed by atoms with Crippen molar-refractivity contribution in [3.05, 3.63) is 53.0 Å². The zero-order chi connectivity index (χ0) is 21.2. The van der Waals surface area contributed by atoms with Gasteiger partial charge in [-0.15, -0.1) is 0 Å². The molecule has 1 fully saturated rings. The Balaban J connectivity index is 1.72. The van der Waals surface area contributed by atoms with Gasteiger partial charge in [-0.2, -0.15) is 17.5 Å². The molecule has 158 valence electrons. The number of carbonyl (C=O) groups is 1. The summed E-state index contributed by atoms with van der Waals surface area (Å²) in [5.74, 6) is -2.29. The standard InChI is InChI=1S/C18H18F4N2O4S/c19-13-5-4-12(14(10-13)18(20,21)22)11-23-17(25)15-6-7-16(28-15)29(26,27)24-8-2-1-3-9-24/h4-7,10H,1-3,8-9,11H2,(H,23,25). The quantitative estimate of drug-likeness (QED) is 0.730. The van der Waals surface area contributed by atoms with Crippen molar-refractivity contribution in [2.45, 2.75) is 37.1 Å². The van der Waals surface area contributed by atoms with Gasteiger partial charge in [0.25, 0.3) is 15.9 Å². The monoisotopic (exact) mass is 434 g/mol. The van der Waals surface area contributed by atoms with Crippen molar-refractivity contribution >= 4 is 15.9 Å². The average molecular weight is 434 g/mol. The third-order valence-electron chi connectivity index (χ3n) is 4.53. The number of piperidine rings is 1. The Labute approximate surface area is 164 Å². The van der Waals surface area contributed by atoms with E-state index in [1.807, 2.05) is 0 Å². The molecule has 0 saturated carbocycles. The number of carbonyl (C=O) groups excluding carboxylic acids is 1. The molecule has 0 unspecified atom stereocenters. The van der Waals surface area contributed by atoms with Crippen LogP contribution in [-0.4, -0.2) is 31.7 Å². The second-order valence-electron chi connectivity index (χ2n) is 6.57. The zero-order valence-electron chi connectivity index (χ0n) is 15.1. The molecule has 1 saturated heterocycles. The first-order valence-electron chi connectivity index (χ1n) is 8.83. The third-order valence-corrected chi connectivity index (χ3v) is 6.30. The van der Waals surface area contributed by atoms with Gasteiger partial charge in [-0.1, -0.05) is 12.5 Å². The van der Waals surface area contributed by atoms with Gasteiger partial charge >= 0.3 is 6.18 Å².